The monoisotopic (exact) mass is 390 g/mol. The van der Waals surface area contributed by atoms with E-state index in [2.05, 4.69) is 20.6 Å². The molecule has 0 aliphatic rings. The first kappa shape index (κ1) is 18.1. The number of benzene rings is 2. The van der Waals surface area contributed by atoms with Crippen LogP contribution in [0.3, 0.4) is 0 Å². The van der Waals surface area contributed by atoms with Gasteiger partial charge in [0.25, 0.3) is 0 Å². The van der Waals surface area contributed by atoms with E-state index >= 15 is 0 Å². The van der Waals surface area contributed by atoms with Crippen molar-refractivity contribution in [2.75, 3.05) is 24.9 Å². The fraction of sp³-hybridized carbons (Fsp3) is 0.111. The fourth-order valence-electron chi connectivity index (χ4n) is 2.24. The van der Waals surface area contributed by atoms with Gasteiger partial charge in [-0.15, -0.1) is 0 Å². The summed E-state index contributed by atoms with van der Waals surface area (Å²) in [6, 6.07) is 12.3. The SMILES string of the molecule is COc1ccc(Nc2ccnc(Nc3cc(Cl)ccc3Cl)n2)c(OC)c1. The molecule has 0 bridgehead atoms. The summed E-state index contributed by atoms with van der Waals surface area (Å²) in [5.74, 6) is 2.30. The fourth-order valence-corrected chi connectivity index (χ4v) is 2.58. The van der Waals surface area contributed by atoms with Crippen molar-refractivity contribution in [3.8, 4) is 11.5 Å². The van der Waals surface area contributed by atoms with Crippen molar-refractivity contribution in [2.24, 2.45) is 0 Å². The number of nitrogens with zero attached hydrogens (tertiary/aromatic N) is 2. The maximum absolute atomic E-state index is 6.16. The van der Waals surface area contributed by atoms with E-state index in [1.165, 1.54) is 0 Å². The van der Waals surface area contributed by atoms with E-state index in [4.69, 9.17) is 32.7 Å². The lowest BCUT2D eigenvalue weighted by molar-refractivity contribution is 0.395. The van der Waals surface area contributed by atoms with Gasteiger partial charge in [0.15, 0.2) is 0 Å². The first-order chi connectivity index (χ1) is 12.6. The molecule has 2 aromatic carbocycles. The Morgan fingerprint density at radius 1 is 0.885 bits per heavy atom. The van der Waals surface area contributed by atoms with Gasteiger partial charge in [0.2, 0.25) is 5.95 Å². The lowest BCUT2D eigenvalue weighted by Gasteiger charge is -2.13. The normalized spacial score (nSPS) is 10.3. The van der Waals surface area contributed by atoms with Gasteiger partial charge in [-0.2, -0.15) is 4.98 Å². The number of hydrogen-bond donors (Lipinski definition) is 2. The van der Waals surface area contributed by atoms with Gasteiger partial charge < -0.3 is 20.1 Å². The number of aromatic nitrogens is 2. The van der Waals surface area contributed by atoms with Crippen LogP contribution in [-0.4, -0.2) is 24.2 Å². The molecule has 0 atom stereocenters. The van der Waals surface area contributed by atoms with Gasteiger partial charge in [-0.1, -0.05) is 23.2 Å². The minimum Gasteiger partial charge on any atom is -0.497 e. The highest BCUT2D eigenvalue weighted by atomic mass is 35.5. The molecular weight excluding hydrogens is 375 g/mol. The summed E-state index contributed by atoms with van der Waals surface area (Å²) >= 11 is 12.2. The summed E-state index contributed by atoms with van der Waals surface area (Å²) in [4.78, 5) is 8.63. The van der Waals surface area contributed by atoms with Crippen LogP contribution in [0.5, 0.6) is 11.5 Å². The lowest BCUT2D eigenvalue weighted by atomic mass is 10.2. The number of hydrogen-bond acceptors (Lipinski definition) is 6. The zero-order valence-corrected chi connectivity index (χ0v) is 15.6. The van der Waals surface area contributed by atoms with E-state index in [-0.39, 0.29) is 0 Å². The number of anilines is 4. The van der Waals surface area contributed by atoms with Gasteiger partial charge >= 0.3 is 0 Å². The Bertz CT molecular complexity index is 921. The van der Waals surface area contributed by atoms with Crippen molar-refractivity contribution >= 4 is 46.3 Å². The Labute approximate surface area is 161 Å². The van der Waals surface area contributed by atoms with Crippen LogP contribution in [-0.2, 0) is 0 Å². The number of methoxy groups -OCH3 is 2. The highest BCUT2D eigenvalue weighted by Gasteiger charge is 2.08. The maximum atomic E-state index is 6.16. The zero-order valence-electron chi connectivity index (χ0n) is 14.1. The molecule has 1 heterocycles. The van der Waals surface area contributed by atoms with E-state index in [0.717, 1.165) is 5.69 Å². The van der Waals surface area contributed by atoms with Crippen LogP contribution >= 0.6 is 23.2 Å². The molecular formula is C18H16Cl2N4O2. The molecule has 0 unspecified atom stereocenters. The molecule has 3 rings (SSSR count). The summed E-state index contributed by atoms with van der Waals surface area (Å²) in [6.07, 6.45) is 1.63. The Morgan fingerprint density at radius 2 is 1.73 bits per heavy atom. The van der Waals surface area contributed by atoms with Crippen LogP contribution in [0.4, 0.5) is 23.1 Å². The average Bonchev–Trinajstić information content (AvgIpc) is 2.65. The Balaban J connectivity index is 1.83. The van der Waals surface area contributed by atoms with Gasteiger partial charge in [-0.25, -0.2) is 4.98 Å². The van der Waals surface area contributed by atoms with E-state index in [0.29, 0.717) is 39.0 Å². The smallest absolute Gasteiger partial charge is 0.229 e. The predicted molar refractivity (Wildman–Crippen MR) is 105 cm³/mol. The molecule has 0 aliphatic carbocycles. The third-order valence-corrected chi connectivity index (χ3v) is 4.07. The van der Waals surface area contributed by atoms with Gasteiger partial charge in [-0.05, 0) is 36.4 Å². The van der Waals surface area contributed by atoms with Crippen LogP contribution in [0, 0.1) is 0 Å². The number of rotatable bonds is 6. The molecule has 0 amide bonds. The van der Waals surface area contributed by atoms with Crippen LogP contribution < -0.4 is 20.1 Å². The van der Waals surface area contributed by atoms with Gasteiger partial charge in [0, 0.05) is 17.3 Å². The molecule has 0 saturated heterocycles. The van der Waals surface area contributed by atoms with Crippen molar-refractivity contribution in [3.63, 3.8) is 0 Å². The first-order valence-corrected chi connectivity index (χ1v) is 8.39. The third kappa shape index (κ3) is 4.28. The van der Waals surface area contributed by atoms with E-state index in [1.54, 1.807) is 50.7 Å². The quantitative estimate of drug-likeness (QED) is 0.595. The molecule has 0 spiro atoms. The summed E-state index contributed by atoms with van der Waals surface area (Å²) in [6.45, 7) is 0. The first-order valence-electron chi connectivity index (χ1n) is 7.63. The van der Waals surface area contributed by atoms with Crippen molar-refractivity contribution in [2.45, 2.75) is 0 Å². The minimum absolute atomic E-state index is 0.381. The van der Waals surface area contributed by atoms with Crippen LogP contribution in [0.25, 0.3) is 0 Å². The van der Waals surface area contributed by atoms with Crippen molar-refractivity contribution < 1.29 is 9.47 Å². The summed E-state index contributed by atoms with van der Waals surface area (Å²) in [5, 5.41) is 7.34. The maximum Gasteiger partial charge on any atom is 0.229 e. The molecule has 0 fully saturated rings. The highest BCUT2D eigenvalue weighted by Crippen LogP contribution is 2.31. The highest BCUT2D eigenvalue weighted by molar-refractivity contribution is 6.35. The summed E-state index contributed by atoms with van der Waals surface area (Å²) < 4.78 is 10.6. The minimum atomic E-state index is 0.381. The van der Waals surface area contributed by atoms with E-state index < -0.39 is 0 Å². The standard InChI is InChI=1S/C18H16Cl2N4O2/c1-25-12-4-6-14(16(10-12)26-2)22-17-7-8-21-18(24-17)23-15-9-11(19)3-5-13(15)20/h3-10H,1-2H3,(H2,21,22,23,24). The second-order valence-electron chi connectivity index (χ2n) is 5.21. The topological polar surface area (TPSA) is 68.3 Å². The van der Waals surface area contributed by atoms with Crippen LogP contribution in [0.1, 0.15) is 0 Å². The summed E-state index contributed by atoms with van der Waals surface area (Å²) in [5.41, 5.74) is 1.37. The Morgan fingerprint density at radius 3 is 2.50 bits per heavy atom. The van der Waals surface area contributed by atoms with Gasteiger partial charge in [0.1, 0.15) is 17.3 Å². The molecule has 134 valence electrons. The molecule has 3 aromatic rings. The second kappa shape index (κ2) is 8.12. The summed E-state index contributed by atoms with van der Waals surface area (Å²) in [7, 11) is 3.19. The number of halogens is 2. The largest absolute Gasteiger partial charge is 0.497 e. The Kier molecular flexibility index (Phi) is 5.65. The second-order valence-corrected chi connectivity index (χ2v) is 6.05. The van der Waals surface area contributed by atoms with Gasteiger partial charge in [-0.3, -0.25) is 0 Å². The van der Waals surface area contributed by atoms with E-state index in [1.807, 2.05) is 12.1 Å². The molecule has 0 radical (unpaired) electrons. The van der Waals surface area contributed by atoms with Crippen molar-refractivity contribution in [1.29, 1.82) is 0 Å². The molecule has 26 heavy (non-hydrogen) atoms. The Hall–Kier alpha value is -2.70. The van der Waals surface area contributed by atoms with Crippen molar-refractivity contribution in [3.05, 3.63) is 58.7 Å². The molecule has 0 aliphatic heterocycles. The van der Waals surface area contributed by atoms with Crippen molar-refractivity contribution in [1.82, 2.24) is 9.97 Å². The predicted octanol–water partition coefficient (Wildman–Crippen LogP) is 5.29. The molecule has 6 nitrogen and oxygen atoms in total. The number of nitrogens with one attached hydrogen (secondary N) is 2. The molecule has 0 saturated carbocycles. The van der Waals surface area contributed by atoms with Crippen LogP contribution in [0.2, 0.25) is 10.0 Å². The third-order valence-electron chi connectivity index (χ3n) is 3.50. The number of ether oxygens (including phenoxy) is 2. The average molecular weight is 391 g/mol. The lowest BCUT2D eigenvalue weighted by Crippen LogP contribution is -2.02. The van der Waals surface area contributed by atoms with Gasteiger partial charge in [0.05, 0.1) is 30.6 Å². The molecule has 8 heteroatoms. The molecule has 1 aromatic heterocycles. The molecule has 2 N–H and O–H groups in total. The van der Waals surface area contributed by atoms with Crippen LogP contribution in [0.15, 0.2) is 48.7 Å². The van der Waals surface area contributed by atoms with E-state index in [9.17, 15) is 0 Å². The zero-order chi connectivity index (χ0) is 18.5.